The number of ether oxygens (including phenoxy) is 1. The summed E-state index contributed by atoms with van der Waals surface area (Å²) in [4.78, 5) is 0. The summed E-state index contributed by atoms with van der Waals surface area (Å²) < 4.78 is 49.0. The summed E-state index contributed by atoms with van der Waals surface area (Å²) >= 11 is 0. The molecular formula is C23H39F3O. The maximum atomic E-state index is 15.1. The minimum absolute atomic E-state index is 0.00296. The molecule has 0 aliphatic heterocycles. The molecule has 7 unspecified atom stereocenters. The minimum Gasteiger partial charge on any atom is -0.378 e. The second-order valence-electron chi connectivity index (χ2n) is 9.58. The van der Waals surface area contributed by atoms with E-state index in [0.717, 1.165) is 18.8 Å². The lowest BCUT2D eigenvalue weighted by molar-refractivity contribution is -0.0784. The Morgan fingerprint density at radius 2 is 1.44 bits per heavy atom. The van der Waals surface area contributed by atoms with E-state index in [9.17, 15) is 8.78 Å². The van der Waals surface area contributed by atoms with Gasteiger partial charge in [-0.25, -0.2) is 13.2 Å². The number of hydrogen-bond acceptors (Lipinski definition) is 1. The van der Waals surface area contributed by atoms with Crippen molar-refractivity contribution in [3.8, 4) is 0 Å². The second kappa shape index (κ2) is 9.98. The number of rotatable bonds is 6. The molecule has 0 aromatic heterocycles. The molecule has 0 aromatic rings. The molecule has 0 saturated heterocycles. The van der Waals surface area contributed by atoms with Crippen LogP contribution in [-0.2, 0) is 4.74 Å². The van der Waals surface area contributed by atoms with Crippen molar-refractivity contribution in [3.05, 3.63) is 0 Å². The molecule has 0 spiro atoms. The first-order valence-corrected chi connectivity index (χ1v) is 11.5. The van der Waals surface area contributed by atoms with Gasteiger partial charge in [-0.3, -0.25) is 0 Å². The highest BCUT2D eigenvalue weighted by Crippen LogP contribution is 2.47. The van der Waals surface area contributed by atoms with Crippen LogP contribution < -0.4 is 0 Å². The van der Waals surface area contributed by atoms with E-state index in [1.165, 1.54) is 52.1 Å². The monoisotopic (exact) mass is 388 g/mol. The van der Waals surface area contributed by atoms with Crippen molar-refractivity contribution in [3.63, 3.8) is 0 Å². The van der Waals surface area contributed by atoms with E-state index in [0.29, 0.717) is 25.2 Å². The number of unbranched alkanes of at least 4 members (excludes halogenated alkanes) is 1. The molecule has 0 N–H and O–H groups in total. The molecule has 3 aliphatic carbocycles. The zero-order chi connectivity index (χ0) is 19.4. The predicted molar refractivity (Wildman–Crippen MR) is 104 cm³/mol. The summed E-state index contributed by atoms with van der Waals surface area (Å²) in [5, 5.41) is 0. The molecule has 3 aliphatic rings. The molecule has 158 valence electrons. The van der Waals surface area contributed by atoms with E-state index < -0.39 is 24.6 Å². The predicted octanol–water partition coefficient (Wildman–Crippen LogP) is 6.84. The first-order valence-electron chi connectivity index (χ1n) is 11.5. The molecule has 0 heterocycles. The fraction of sp³-hybridized carbons (Fsp3) is 1.00. The molecule has 4 heteroatoms. The van der Waals surface area contributed by atoms with Gasteiger partial charge < -0.3 is 4.74 Å². The molecule has 3 rings (SSSR count). The summed E-state index contributed by atoms with van der Waals surface area (Å²) in [6, 6.07) is 0. The average molecular weight is 389 g/mol. The van der Waals surface area contributed by atoms with E-state index >= 15 is 4.39 Å². The van der Waals surface area contributed by atoms with Crippen molar-refractivity contribution in [2.75, 3.05) is 7.11 Å². The van der Waals surface area contributed by atoms with Crippen molar-refractivity contribution >= 4 is 0 Å². The summed E-state index contributed by atoms with van der Waals surface area (Å²) in [6.45, 7) is 2.24. The van der Waals surface area contributed by atoms with Crippen LogP contribution in [0.3, 0.4) is 0 Å². The Labute approximate surface area is 163 Å². The first kappa shape index (κ1) is 21.5. The number of halogens is 3. The standard InChI is InChI=1S/C23H39F3O/c1-3-4-5-15-6-8-16(9-7-15)18-11-10-17(14-20(18)24)19-12-13-21(27-2)23(26)22(19)25/h15-23H,3-14H2,1-2H3. The summed E-state index contributed by atoms with van der Waals surface area (Å²) in [6.07, 6.45) is 7.63. The maximum Gasteiger partial charge on any atom is 0.157 e. The van der Waals surface area contributed by atoms with Crippen LogP contribution in [0.4, 0.5) is 13.2 Å². The van der Waals surface area contributed by atoms with Gasteiger partial charge in [-0.15, -0.1) is 0 Å². The lowest BCUT2D eigenvalue weighted by Crippen LogP contribution is -2.46. The molecule has 27 heavy (non-hydrogen) atoms. The number of hydrogen-bond donors (Lipinski definition) is 0. The molecule has 0 amide bonds. The SMILES string of the molecule is CCCCC1CCC(C2CCC(C3CCC(OC)C(F)C3F)CC2F)CC1. The highest BCUT2D eigenvalue weighted by atomic mass is 19.2. The number of alkyl halides is 3. The molecule has 7 atom stereocenters. The minimum atomic E-state index is -1.55. The average Bonchev–Trinajstić information content (AvgIpc) is 2.69. The molecule has 1 nitrogen and oxygen atoms in total. The first-order chi connectivity index (χ1) is 13.0. The third-order valence-corrected chi connectivity index (χ3v) is 8.09. The lowest BCUT2D eigenvalue weighted by atomic mass is 9.64. The van der Waals surface area contributed by atoms with Crippen molar-refractivity contribution in [2.24, 2.45) is 29.6 Å². The zero-order valence-corrected chi connectivity index (χ0v) is 17.2. The second-order valence-corrected chi connectivity index (χ2v) is 9.58. The van der Waals surface area contributed by atoms with E-state index in [1.54, 1.807) is 0 Å². The van der Waals surface area contributed by atoms with Gasteiger partial charge in [0.05, 0.1) is 6.10 Å². The Balaban J connectivity index is 1.48. The van der Waals surface area contributed by atoms with Crippen molar-refractivity contribution in [1.82, 2.24) is 0 Å². The molecule has 3 saturated carbocycles. The Morgan fingerprint density at radius 1 is 0.778 bits per heavy atom. The largest absolute Gasteiger partial charge is 0.378 e. The highest BCUT2D eigenvalue weighted by Gasteiger charge is 2.46. The van der Waals surface area contributed by atoms with Crippen LogP contribution in [-0.4, -0.2) is 31.7 Å². The van der Waals surface area contributed by atoms with Crippen LogP contribution in [0.5, 0.6) is 0 Å². The lowest BCUT2D eigenvalue weighted by Gasteiger charge is -2.44. The van der Waals surface area contributed by atoms with E-state index in [-0.39, 0.29) is 17.8 Å². The van der Waals surface area contributed by atoms with Gasteiger partial charge in [0.1, 0.15) is 12.3 Å². The van der Waals surface area contributed by atoms with Gasteiger partial charge >= 0.3 is 0 Å². The molecule has 0 aromatic carbocycles. The van der Waals surface area contributed by atoms with Crippen LogP contribution in [0.1, 0.15) is 84.0 Å². The quantitative estimate of drug-likeness (QED) is 0.484. The zero-order valence-electron chi connectivity index (χ0n) is 17.2. The van der Waals surface area contributed by atoms with Gasteiger partial charge in [0.25, 0.3) is 0 Å². The fourth-order valence-corrected chi connectivity index (χ4v) is 6.35. The van der Waals surface area contributed by atoms with Gasteiger partial charge in [-0.1, -0.05) is 39.0 Å². The summed E-state index contributed by atoms with van der Waals surface area (Å²) in [5.74, 6) is 1.19. The number of methoxy groups -OCH3 is 1. The van der Waals surface area contributed by atoms with Crippen LogP contribution in [0.15, 0.2) is 0 Å². The normalized spacial score (nSPS) is 46.3. The summed E-state index contributed by atoms with van der Waals surface area (Å²) in [7, 11) is 1.45. The van der Waals surface area contributed by atoms with E-state index in [2.05, 4.69) is 6.92 Å². The van der Waals surface area contributed by atoms with Gasteiger partial charge in [0, 0.05) is 7.11 Å². The van der Waals surface area contributed by atoms with Crippen molar-refractivity contribution in [1.29, 1.82) is 0 Å². The Hall–Kier alpha value is -0.250. The Morgan fingerprint density at radius 3 is 2.07 bits per heavy atom. The van der Waals surface area contributed by atoms with Gasteiger partial charge in [-0.05, 0) is 74.5 Å². The van der Waals surface area contributed by atoms with Gasteiger partial charge in [-0.2, -0.15) is 0 Å². The van der Waals surface area contributed by atoms with Crippen LogP contribution in [0, 0.1) is 29.6 Å². The molecular weight excluding hydrogens is 349 g/mol. The fourth-order valence-electron chi connectivity index (χ4n) is 6.35. The highest BCUT2D eigenvalue weighted by molar-refractivity contribution is 4.95. The summed E-state index contributed by atoms with van der Waals surface area (Å²) in [5.41, 5.74) is 0. The Kier molecular flexibility index (Phi) is 7.93. The van der Waals surface area contributed by atoms with Crippen LogP contribution in [0.25, 0.3) is 0 Å². The van der Waals surface area contributed by atoms with Crippen molar-refractivity contribution < 1.29 is 17.9 Å². The van der Waals surface area contributed by atoms with E-state index in [4.69, 9.17) is 4.74 Å². The van der Waals surface area contributed by atoms with Crippen LogP contribution in [0.2, 0.25) is 0 Å². The maximum absolute atomic E-state index is 15.1. The van der Waals surface area contributed by atoms with Crippen LogP contribution >= 0.6 is 0 Å². The van der Waals surface area contributed by atoms with E-state index in [1.807, 2.05) is 0 Å². The third-order valence-electron chi connectivity index (χ3n) is 8.09. The Bertz CT molecular complexity index is 437. The van der Waals surface area contributed by atoms with Gasteiger partial charge in [0.2, 0.25) is 0 Å². The topological polar surface area (TPSA) is 9.23 Å². The third kappa shape index (κ3) is 5.03. The van der Waals surface area contributed by atoms with Crippen molar-refractivity contribution in [2.45, 2.75) is 109 Å². The molecule has 0 bridgehead atoms. The molecule has 0 radical (unpaired) electrons. The van der Waals surface area contributed by atoms with Gasteiger partial charge in [0.15, 0.2) is 6.17 Å². The molecule has 3 fully saturated rings. The smallest absolute Gasteiger partial charge is 0.157 e.